The van der Waals surface area contributed by atoms with Gasteiger partial charge in [0.05, 0.1) is 0 Å². The van der Waals surface area contributed by atoms with Gasteiger partial charge in [-0.3, -0.25) is 0 Å². The average Bonchev–Trinajstić information content (AvgIpc) is 2.82. The molecule has 3 aliphatic rings. The van der Waals surface area contributed by atoms with Crippen molar-refractivity contribution in [2.24, 2.45) is 5.92 Å². The van der Waals surface area contributed by atoms with E-state index >= 15 is 0 Å². The van der Waals surface area contributed by atoms with E-state index in [1.54, 1.807) is 0 Å². The van der Waals surface area contributed by atoms with E-state index in [0.717, 1.165) is 5.92 Å². The Morgan fingerprint density at radius 1 is 0.818 bits per heavy atom. The molecule has 1 aliphatic heterocycles. The van der Waals surface area contributed by atoms with E-state index in [2.05, 4.69) is 58.0 Å². The van der Waals surface area contributed by atoms with Crippen LogP contribution in [0.2, 0.25) is 50.9 Å². The minimum atomic E-state index is -2.42. The Balaban J connectivity index is 1.98. The van der Waals surface area contributed by atoms with E-state index in [9.17, 15) is 0 Å². The van der Waals surface area contributed by atoms with Gasteiger partial charge in [0.1, 0.15) is 0 Å². The Morgan fingerprint density at radius 2 is 1.32 bits per heavy atom. The summed E-state index contributed by atoms with van der Waals surface area (Å²) in [5.74, 6) is 0.726. The second-order valence-electron chi connectivity index (χ2n) is 8.57. The number of hydrogen-bond donors (Lipinski definition) is 0. The fourth-order valence-electron chi connectivity index (χ4n) is 4.72. The monoisotopic (exact) mass is 374 g/mol. The molecule has 1 saturated carbocycles. The molecule has 0 radical (unpaired) electrons. The van der Waals surface area contributed by atoms with Gasteiger partial charge in [0.2, 0.25) is 0 Å². The van der Waals surface area contributed by atoms with Crippen LogP contribution in [0.15, 0.2) is 12.2 Å². The van der Waals surface area contributed by atoms with Crippen LogP contribution in [0.1, 0.15) is 19.3 Å². The van der Waals surface area contributed by atoms with Crippen LogP contribution >= 0.6 is 0 Å². The molecule has 2 atom stereocenters. The molecule has 2 unspecified atom stereocenters. The summed E-state index contributed by atoms with van der Waals surface area (Å²) in [5, 5.41) is 0.127. The number of hydrogen-bond acceptors (Lipinski definition) is 4. The van der Waals surface area contributed by atoms with Crippen LogP contribution in [0.5, 0.6) is 0 Å². The lowest BCUT2D eigenvalue weighted by atomic mass is 10.1. The molecule has 8 heteroatoms. The van der Waals surface area contributed by atoms with Gasteiger partial charge < -0.3 is 16.5 Å². The van der Waals surface area contributed by atoms with Gasteiger partial charge >= 0.3 is 34.2 Å². The molecule has 0 spiro atoms. The fraction of sp³-hybridized carbons (Fsp3) is 0.857. The Kier molecular flexibility index (Phi) is 3.91. The highest BCUT2D eigenvalue weighted by atomic mass is 28.5. The summed E-state index contributed by atoms with van der Waals surface area (Å²) >= 11 is 0. The van der Waals surface area contributed by atoms with E-state index < -0.39 is 34.2 Å². The van der Waals surface area contributed by atoms with E-state index in [1.807, 2.05) is 0 Å². The molecule has 4 nitrogen and oxygen atoms in total. The molecule has 0 aromatic heterocycles. The zero-order valence-electron chi connectivity index (χ0n) is 15.0. The first-order chi connectivity index (χ1) is 9.86. The molecular weight excluding hydrogens is 344 g/mol. The van der Waals surface area contributed by atoms with Crippen molar-refractivity contribution in [3.05, 3.63) is 12.2 Å². The molecule has 126 valence electrons. The third-order valence-corrected chi connectivity index (χ3v) is 22.4. The van der Waals surface area contributed by atoms with Crippen molar-refractivity contribution in [2.75, 3.05) is 0 Å². The number of fused-ring (bicyclic) bond motifs is 2. The maximum atomic E-state index is 6.81. The summed E-state index contributed by atoms with van der Waals surface area (Å²) < 4.78 is 26.5. The largest absolute Gasteiger partial charge is 0.416 e. The molecule has 2 bridgehead atoms. The lowest BCUT2D eigenvalue weighted by Crippen LogP contribution is -2.67. The molecule has 1 saturated heterocycles. The zero-order chi connectivity index (χ0) is 16.4. The second kappa shape index (κ2) is 4.98. The summed E-state index contributed by atoms with van der Waals surface area (Å²) in [6.07, 6.45) is 8.47. The summed E-state index contributed by atoms with van der Waals surface area (Å²) in [4.78, 5) is 0. The normalized spacial score (nSPS) is 41.1. The third-order valence-electron chi connectivity index (χ3n) is 5.04. The van der Waals surface area contributed by atoms with Crippen molar-refractivity contribution in [1.29, 1.82) is 0 Å². The molecule has 0 N–H and O–H groups in total. The first-order valence-corrected chi connectivity index (χ1v) is 19.1. The summed E-state index contributed by atoms with van der Waals surface area (Å²) in [6, 6.07) is 0. The molecule has 0 aromatic carbocycles. The Labute approximate surface area is 139 Å². The van der Waals surface area contributed by atoms with Crippen molar-refractivity contribution in [3.63, 3.8) is 0 Å². The van der Waals surface area contributed by atoms with E-state index in [1.165, 1.54) is 19.3 Å². The number of allylic oxidation sites excluding steroid dienone is 2. The quantitative estimate of drug-likeness (QED) is 0.505. The smallest absolute Gasteiger partial charge is 0.327 e. The van der Waals surface area contributed by atoms with Crippen molar-refractivity contribution in [1.82, 2.24) is 0 Å². The van der Waals surface area contributed by atoms with Gasteiger partial charge in [0, 0.05) is 5.04 Å². The summed E-state index contributed by atoms with van der Waals surface area (Å²) in [6.45, 7) is 15.1. The standard InChI is InChI=1S/C14H30O4Si4/c1-19(2)15-20(3,4)17-22(7,18-21(5,6)16-19)14-10-8-13(12-14)9-11-14/h8,10,13H,9,11-12H2,1-7H3. The molecule has 2 fully saturated rings. The molecule has 3 rings (SSSR count). The van der Waals surface area contributed by atoms with Crippen molar-refractivity contribution >= 4 is 34.2 Å². The van der Waals surface area contributed by atoms with Crippen LogP contribution in [-0.2, 0) is 16.5 Å². The molecule has 22 heavy (non-hydrogen) atoms. The van der Waals surface area contributed by atoms with E-state index in [4.69, 9.17) is 16.5 Å². The molecule has 1 heterocycles. The molecule has 0 amide bonds. The SMILES string of the molecule is C[Si]1(C)O[Si](C)(C)O[Si](C)(C23C=CC(CC2)C3)O[Si](C)(C)O1. The summed E-state index contributed by atoms with van der Waals surface area (Å²) in [7, 11) is -9.13. The topological polar surface area (TPSA) is 36.9 Å². The Bertz CT molecular complexity index is 483. The van der Waals surface area contributed by atoms with Gasteiger partial charge in [-0.25, -0.2) is 0 Å². The molecule has 0 aromatic rings. The predicted molar refractivity (Wildman–Crippen MR) is 97.6 cm³/mol. The van der Waals surface area contributed by atoms with Gasteiger partial charge in [0.25, 0.3) is 0 Å². The lowest BCUT2D eigenvalue weighted by Gasteiger charge is -2.52. The van der Waals surface area contributed by atoms with Crippen LogP contribution in [0.3, 0.4) is 0 Å². The van der Waals surface area contributed by atoms with Gasteiger partial charge in [-0.2, -0.15) is 0 Å². The first-order valence-electron chi connectivity index (χ1n) is 8.36. The van der Waals surface area contributed by atoms with Crippen molar-refractivity contribution < 1.29 is 16.5 Å². The molecular formula is C14H30O4Si4. The first kappa shape index (κ1) is 17.3. The Hall–Kier alpha value is 0.448. The van der Waals surface area contributed by atoms with Crippen molar-refractivity contribution in [3.8, 4) is 0 Å². The second-order valence-corrected chi connectivity index (χ2v) is 23.1. The van der Waals surface area contributed by atoms with Crippen LogP contribution in [-0.4, -0.2) is 34.2 Å². The van der Waals surface area contributed by atoms with Crippen LogP contribution < -0.4 is 0 Å². The third kappa shape index (κ3) is 3.04. The van der Waals surface area contributed by atoms with Crippen molar-refractivity contribution in [2.45, 2.75) is 70.1 Å². The Morgan fingerprint density at radius 3 is 1.68 bits per heavy atom. The average molecular weight is 375 g/mol. The highest BCUT2D eigenvalue weighted by molar-refractivity contribution is 6.94. The highest BCUT2D eigenvalue weighted by Gasteiger charge is 2.63. The van der Waals surface area contributed by atoms with Gasteiger partial charge in [-0.1, -0.05) is 12.2 Å². The van der Waals surface area contributed by atoms with Crippen LogP contribution in [0.4, 0.5) is 0 Å². The zero-order valence-corrected chi connectivity index (χ0v) is 19.0. The van der Waals surface area contributed by atoms with Gasteiger partial charge in [-0.15, -0.1) is 0 Å². The minimum Gasteiger partial charge on any atom is -0.416 e. The van der Waals surface area contributed by atoms with E-state index in [0.29, 0.717) is 0 Å². The minimum absolute atomic E-state index is 0.127. The van der Waals surface area contributed by atoms with E-state index in [-0.39, 0.29) is 5.04 Å². The van der Waals surface area contributed by atoms with Crippen LogP contribution in [0.25, 0.3) is 0 Å². The number of rotatable bonds is 1. The maximum absolute atomic E-state index is 6.81. The lowest BCUT2D eigenvalue weighted by molar-refractivity contribution is 0.219. The predicted octanol–water partition coefficient (Wildman–Crippen LogP) is 4.35. The summed E-state index contributed by atoms with van der Waals surface area (Å²) in [5.41, 5.74) is 0. The fourth-order valence-corrected chi connectivity index (χ4v) is 27.1. The van der Waals surface area contributed by atoms with Gasteiger partial charge in [-0.05, 0) is 71.0 Å². The molecule has 2 aliphatic carbocycles. The highest BCUT2D eigenvalue weighted by Crippen LogP contribution is 2.62. The van der Waals surface area contributed by atoms with Gasteiger partial charge in [0.15, 0.2) is 0 Å². The van der Waals surface area contributed by atoms with Crippen LogP contribution in [0, 0.1) is 5.92 Å². The maximum Gasteiger partial charge on any atom is 0.327 e.